The first-order valence-corrected chi connectivity index (χ1v) is 9.11. The van der Waals surface area contributed by atoms with Crippen molar-refractivity contribution in [2.45, 2.75) is 23.6 Å². The summed E-state index contributed by atoms with van der Waals surface area (Å²) < 4.78 is 0. The molecule has 23 heavy (non-hydrogen) atoms. The van der Waals surface area contributed by atoms with E-state index in [2.05, 4.69) is 9.97 Å². The van der Waals surface area contributed by atoms with Gasteiger partial charge in [-0.05, 0) is 24.1 Å². The fourth-order valence-electron chi connectivity index (χ4n) is 2.22. The number of carboxylic acids is 1. The smallest absolute Gasteiger partial charge is 0.317 e. The topological polar surface area (TPSA) is 63.1 Å². The van der Waals surface area contributed by atoms with Crippen LogP contribution in [0.5, 0.6) is 0 Å². The molecule has 118 valence electrons. The number of fused-ring (bicyclic) bond motifs is 1. The maximum Gasteiger partial charge on any atom is 0.317 e. The molecule has 4 nitrogen and oxygen atoms in total. The maximum atomic E-state index is 11.3. The van der Waals surface area contributed by atoms with E-state index in [4.69, 9.17) is 11.6 Å². The molecule has 1 atom stereocenters. The summed E-state index contributed by atoms with van der Waals surface area (Å²) in [5.74, 6) is -0.826. The molecule has 0 unspecified atom stereocenters. The van der Waals surface area contributed by atoms with E-state index in [1.54, 1.807) is 0 Å². The van der Waals surface area contributed by atoms with Crippen LogP contribution >= 0.6 is 34.7 Å². The number of nitrogens with zero attached hydrogens (tertiary/aromatic N) is 2. The van der Waals surface area contributed by atoms with Gasteiger partial charge in [-0.2, -0.15) is 0 Å². The second-order valence-electron chi connectivity index (χ2n) is 4.87. The first-order valence-electron chi connectivity index (χ1n) is 6.97. The molecule has 0 aliphatic rings. The van der Waals surface area contributed by atoms with E-state index in [0.29, 0.717) is 16.5 Å². The lowest BCUT2D eigenvalue weighted by atomic mass is 10.1. The third-order valence-corrected chi connectivity index (χ3v) is 5.88. The number of hydrogen-bond donors (Lipinski definition) is 1. The van der Waals surface area contributed by atoms with Gasteiger partial charge in [0, 0.05) is 16.0 Å². The molecule has 0 bridgehead atoms. The number of hydrogen-bond acceptors (Lipinski definition) is 5. The summed E-state index contributed by atoms with van der Waals surface area (Å²) in [5.41, 5.74) is 2.02. The zero-order valence-corrected chi connectivity index (χ0v) is 14.6. The number of benzene rings is 1. The zero-order chi connectivity index (χ0) is 16.4. The van der Waals surface area contributed by atoms with Crippen molar-refractivity contribution in [3.05, 3.63) is 41.0 Å². The number of halogens is 1. The van der Waals surface area contributed by atoms with Crippen LogP contribution in [0.15, 0.2) is 41.0 Å². The summed E-state index contributed by atoms with van der Waals surface area (Å²) in [6.07, 6.45) is 2.02. The summed E-state index contributed by atoms with van der Waals surface area (Å²) in [5, 5.41) is 13.1. The van der Waals surface area contributed by atoms with Gasteiger partial charge >= 0.3 is 5.97 Å². The third-order valence-electron chi connectivity index (χ3n) is 3.39. The van der Waals surface area contributed by atoms with Gasteiger partial charge in [0.05, 0.1) is 5.39 Å². The Bertz CT molecular complexity index is 849. The lowest BCUT2D eigenvalue weighted by Crippen LogP contribution is -2.15. The normalized spacial score (nSPS) is 12.4. The molecule has 0 amide bonds. The first kappa shape index (κ1) is 16.2. The molecule has 3 aromatic rings. The average molecular weight is 365 g/mol. The highest BCUT2D eigenvalue weighted by atomic mass is 35.5. The van der Waals surface area contributed by atoms with Crippen molar-refractivity contribution in [3.8, 4) is 11.1 Å². The lowest BCUT2D eigenvalue weighted by Gasteiger charge is -2.10. The predicted molar refractivity (Wildman–Crippen MR) is 95.4 cm³/mol. The SMILES string of the molecule is CC[C@@H](Sc1ncnc2scc(-c3ccc(Cl)cc3)c12)C(=O)O. The van der Waals surface area contributed by atoms with Gasteiger partial charge in [-0.25, -0.2) is 9.97 Å². The zero-order valence-electron chi connectivity index (χ0n) is 12.2. The molecule has 1 N–H and O–H groups in total. The van der Waals surface area contributed by atoms with E-state index in [9.17, 15) is 9.90 Å². The number of rotatable bonds is 5. The Balaban J connectivity index is 2.10. The molecule has 0 saturated heterocycles. The summed E-state index contributed by atoms with van der Waals surface area (Å²) in [6.45, 7) is 1.86. The van der Waals surface area contributed by atoms with Crippen LogP contribution in [0.3, 0.4) is 0 Å². The summed E-state index contributed by atoms with van der Waals surface area (Å²) in [7, 11) is 0. The van der Waals surface area contributed by atoms with E-state index >= 15 is 0 Å². The molecule has 0 radical (unpaired) electrons. The van der Waals surface area contributed by atoms with E-state index in [-0.39, 0.29) is 0 Å². The standard InChI is InChI=1S/C16H13ClN2O2S2/c1-2-12(16(20)21)23-15-13-11(7-22-14(13)18-8-19-15)9-3-5-10(17)6-4-9/h3-8,12H,2H2,1H3,(H,20,21)/t12-/m1/s1. The van der Waals surface area contributed by atoms with Gasteiger partial charge in [-0.1, -0.05) is 42.4 Å². The minimum absolute atomic E-state index is 0.522. The van der Waals surface area contributed by atoms with Crippen molar-refractivity contribution in [3.63, 3.8) is 0 Å². The fraction of sp³-hybridized carbons (Fsp3) is 0.188. The number of aromatic nitrogens is 2. The van der Waals surface area contributed by atoms with Crippen LogP contribution in [0.25, 0.3) is 21.3 Å². The van der Waals surface area contributed by atoms with Gasteiger partial charge < -0.3 is 5.11 Å². The molecule has 2 aromatic heterocycles. The number of carboxylic acid groups (broad SMARTS) is 1. The highest BCUT2D eigenvalue weighted by Crippen LogP contribution is 2.39. The minimum atomic E-state index is -0.826. The third kappa shape index (κ3) is 3.34. The van der Waals surface area contributed by atoms with Crippen molar-refractivity contribution in [1.29, 1.82) is 0 Å². The Labute approximate surface area is 146 Å². The van der Waals surface area contributed by atoms with Crippen molar-refractivity contribution in [2.24, 2.45) is 0 Å². The molecule has 0 spiro atoms. The highest BCUT2D eigenvalue weighted by molar-refractivity contribution is 8.00. The van der Waals surface area contributed by atoms with Gasteiger partial charge in [0.15, 0.2) is 0 Å². The van der Waals surface area contributed by atoms with Crippen LogP contribution in [-0.4, -0.2) is 26.3 Å². The number of aliphatic carboxylic acids is 1. The Hall–Kier alpha value is -1.63. The Kier molecular flexibility index (Phi) is 4.84. The van der Waals surface area contributed by atoms with E-state index in [1.807, 2.05) is 36.6 Å². The fourth-order valence-corrected chi connectivity index (χ4v) is 4.30. The van der Waals surface area contributed by atoms with E-state index in [1.165, 1.54) is 29.4 Å². The highest BCUT2D eigenvalue weighted by Gasteiger charge is 2.21. The van der Waals surface area contributed by atoms with Crippen LogP contribution in [0, 0.1) is 0 Å². The maximum absolute atomic E-state index is 11.3. The van der Waals surface area contributed by atoms with E-state index < -0.39 is 11.2 Å². The van der Waals surface area contributed by atoms with Crippen molar-refractivity contribution in [1.82, 2.24) is 9.97 Å². The van der Waals surface area contributed by atoms with Crippen molar-refractivity contribution < 1.29 is 9.90 Å². The monoisotopic (exact) mass is 364 g/mol. The van der Waals surface area contributed by atoms with Crippen LogP contribution in [0.2, 0.25) is 5.02 Å². The molecule has 1 aromatic carbocycles. The predicted octanol–water partition coefficient (Wildman–Crippen LogP) is 4.97. The summed E-state index contributed by atoms with van der Waals surface area (Å²) >= 11 is 8.75. The molecular weight excluding hydrogens is 352 g/mol. The molecule has 3 rings (SSSR count). The lowest BCUT2D eigenvalue weighted by molar-refractivity contribution is -0.136. The van der Waals surface area contributed by atoms with Crippen molar-refractivity contribution >= 4 is 50.9 Å². The van der Waals surface area contributed by atoms with Gasteiger partial charge in [0.1, 0.15) is 21.4 Å². The number of thioether (sulfide) groups is 1. The molecule has 0 saturated carbocycles. The van der Waals surface area contributed by atoms with Crippen molar-refractivity contribution in [2.75, 3.05) is 0 Å². The molecule has 0 fully saturated rings. The van der Waals surface area contributed by atoms with Gasteiger partial charge in [0.25, 0.3) is 0 Å². The average Bonchev–Trinajstić information content (AvgIpc) is 2.98. The number of carbonyl (C=O) groups is 1. The minimum Gasteiger partial charge on any atom is -0.480 e. The van der Waals surface area contributed by atoms with Gasteiger partial charge in [-0.3, -0.25) is 4.79 Å². The van der Waals surface area contributed by atoms with Crippen LogP contribution in [-0.2, 0) is 4.79 Å². The first-order chi connectivity index (χ1) is 11.1. The van der Waals surface area contributed by atoms with Crippen LogP contribution in [0.1, 0.15) is 13.3 Å². The molecule has 0 aliphatic heterocycles. The molecule has 7 heteroatoms. The Morgan fingerprint density at radius 2 is 2.09 bits per heavy atom. The summed E-state index contributed by atoms with van der Waals surface area (Å²) in [6, 6.07) is 7.56. The molecule has 2 heterocycles. The largest absolute Gasteiger partial charge is 0.480 e. The Morgan fingerprint density at radius 3 is 2.74 bits per heavy atom. The van der Waals surface area contributed by atoms with Crippen LogP contribution < -0.4 is 0 Å². The van der Waals surface area contributed by atoms with Crippen LogP contribution in [0.4, 0.5) is 0 Å². The number of thiophene rings is 1. The quantitative estimate of drug-likeness (QED) is 0.511. The summed E-state index contributed by atoms with van der Waals surface area (Å²) in [4.78, 5) is 20.8. The molecular formula is C16H13ClN2O2S2. The van der Waals surface area contributed by atoms with Gasteiger partial charge in [0.2, 0.25) is 0 Å². The van der Waals surface area contributed by atoms with E-state index in [0.717, 1.165) is 21.3 Å². The molecule has 0 aliphatic carbocycles. The second-order valence-corrected chi connectivity index (χ2v) is 7.35. The van der Waals surface area contributed by atoms with Gasteiger partial charge in [-0.15, -0.1) is 11.3 Å². The second kappa shape index (κ2) is 6.86. The Morgan fingerprint density at radius 1 is 1.35 bits per heavy atom.